The molecule has 0 aromatic heterocycles. The van der Waals surface area contributed by atoms with E-state index in [2.05, 4.69) is 10.6 Å². The first-order chi connectivity index (χ1) is 15.7. The molecule has 0 fully saturated rings. The average Bonchev–Trinajstić information content (AvgIpc) is 2.78. The maximum Gasteiger partial charge on any atom is 0.414 e. The van der Waals surface area contributed by atoms with Crippen LogP contribution in [0.2, 0.25) is 0 Å². The van der Waals surface area contributed by atoms with Crippen LogP contribution in [-0.4, -0.2) is 61.0 Å². The third kappa shape index (κ3) is 12.0. The number of carboxylic acids is 2. The van der Waals surface area contributed by atoms with Crippen LogP contribution in [0.4, 0.5) is 5.69 Å². The first-order valence-electron chi connectivity index (χ1n) is 10.2. The summed E-state index contributed by atoms with van der Waals surface area (Å²) in [4.78, 5) is 30.3. The van der Waals surface area contributed by atoms with Crippen molar-refractivity contribution in [2.45, 2.75) is 26.3 Å². The van der Waals surface area contributed by atoms with Crippen LogP contribution in [0.5, 0.6) is 17.2 Å². The summed E-state index contributed by atoms with van der Waals surface area (Å²) in [5.41, 5.74) is 0.727. The van der Waals surface area contributed by atoms with Gasteiger partial charge in [0.25, 0.3) is 0 Å². The number of amides is 1. The van der Waals surface area contributed by atoms with E-state index in [4.69, 9.17) is 34.0 Å². The first-order valence-corrected chi connectivity index (χ1v) is 10.2. The largest absolute Gasteiger partial charge is 0.497 e. The average molecular weight is 462 g/mol. The lowest BCUT2D eigenvalue weighted by Gasteiger charge is -2.14. The lowest BCUT2D eigenvalue weighted by molar-refractivity contribution is -0.159. The van der Waals surface area contributed by atoms with E-state index in [-0.39, 0.29) is 11.9 Å². The number of nitrogens with one attached hydrogen (secondary N) is 2. The number of aliphatic carboxylic acids is 2. The van der Waals surface area contributed by atoms with Gasteiger partial charge >= 0.3 is 11.9 Å². The number of anilines is 1. The minimum absolute atomic E-state index is 0.0412. The zero-order valence-corrected chi connectivity index (χ0v) is 18.9. The van der Waals surface area contributed by atoms with Crippen LogP contribution in [0, 0.1) is 0 Å². The molecule has 0 aliphatic heterocycles. The van der Waals surface area contributed by atoms with Crippen molar-refractivity contribution in [2.24, 2.45) is 0 Å². The number of hydrogen-bond acceptors (Lipinski definition) is 7. The molecule has 2 aromatic rings. The number of benzene rings is 2. The predicted octanol–water partition coefficient (Wildman–Crippen LogP) is 2.64. The highest BCUT2D eigenvalue weighted by molar-refractivity contribution is 6.27. The zero-order chi connectivity index (χ0) is 24.6. The van der Waals surface area contributed by atoms with Crippen LogP contribution in [0.3, 0.4) is 0 Å². The van der Waals surface area contributed by atoms with Gasteiger partial charge in [0.15, 0.2) is 0 Å². The van der Waals surface area contributed by atoms with Crippen molar-refractivity contribution >= 4 is 23.5 Å². The third-order valence-electron chi connectivity index (χ3n) is 4.03. The molecule has 0 radical (unpaired) electrons. The molecular formula is C23H30N2O8. The van der Waals surface area contributed by atoms with Gasteiger partial charge in [-0.15, -0.1) is 0 Å². The number of methoxy groups -OCH3 is 1. The molecule has 0 spiro atoms. The molecule has 0 heterocycles. The Balaban J connectivity index is 0.000000801. The Morgan fingerprint density at radius 3 is 2.09 bits per heavy atom. The molecular weight excluding hydrogens is 432 g/mol. The minimum atomic E-state index is -1.82. The summed E-state index contributed by atoms with van der Waals surface area (Å²) in [7, 11) is 1.60. The molecule has 0 saturated carbocycles. The smallest absolute Gasteiger partial charge is 0.414 e. The summed E-state index contributed by atoms with van der Waals surface area (Å²) in [6.45, 7) is 5.75. The Labute approximate surface area is 192 Å². The summed E-state index contributed by atoms with van der Waals surface area (Å²) in [5, 5.41) is 20.9. The Bertz CT molecular complexity index is 874. The number of ether oxygens (including phenoxy) is 3. The highest BCUT2D eigenvalue weighted by Crippen LogP contribution is 2.18. The molecule has 33 heavy (non-hydrogen) atoms. The summed E-state index contributed by atoms with van der Waals surface area (Å²) in [6, 6.07) is 14.9. The molecule has 180 valence electrons. The predicted molar refractivity (Wildman–Crippen MR) is 122 cm³/mol. The van der Waals surface area contributed by atoms with E-state index in [9.17, 15) is 4.79 Å². The van der Waals surface area contributed by atoms with E-state index in [1.165, 1.54) is 0 Å². The van der Waals surface area contributed by atoms with Gasteiger partial charge in [-0.3, -0.25) is 4.79 Å². The number of rotatable bonds is 11. The maximum absolute atomic E-state index is 12.1. The molecule has 4 N–H and O–H groups in total. The van der Waals surface area contributed by atoms with Gasteiger partial charge in [-0.2, -0.15) is 0 Å². The summed E-state index contributed by atoms with van der Waals surface area (Å²) in [5.74, 6) is -1.35. The van der Waals surface area contributed by atoms with Gasteiger partial charge in [-0.25, -0.2) is 9.59 Å². The Morgan fingerprint density at radius 2 is 1.55 bits per heavy atom. The minimum Gasteiger partial charge on any atom is -0.497 e. The van der Waals surface area contributed by atoms with Crippen LogP contribution >= 0.6 is 0 Å². The number of carbonyl (C=O) groups is 3. The van der Waals surface area contributed by atoms with Crippen molar-refractivity contribution in [1.82, 2.24) is 5.32 Å². The highest BCUT2D eigenvalue weighted by atomic mass is 16.5. The molecule has 10 heteroatoms. The second-order valence-electron chi connectivity index (χ2n) is 6.70. The molecule has 1 unspecified atom stereocenters. The van der Waals surface area contributed by atoms with E-state index < -0.39 is 11.9 Å². The molecule has 0 bridgehead atoms. The molecule has 1 amide bonds. The Kier molecular flexibility index (Phi) is 12.5. The van der Waals surface area contributed by atoms with Crippen LogP contribution in [0.25, 0.3) is 0 Å². The fourth-order valence-corrected chi connectivity index (χ4v) is 2.54. The van der Waals surface area contributed by atoms with Crippen LogP contribution in [0.15, 0.2) is 48.5 Å². The number of carbonyl (C=O) groups excluding carboxylic acids is 1. The van der Waals surface area contributed by atoms with Gasteiger partial charge in [0.05, 0.1) is 13.7 Å². The normalized spacial score (nSPS) is 10.8. The number of hydrogen-bond donors (Lipinski definition) is 4. The van der Waals surface area contributed by atoms with Crippen molar-refractivity contribution in [1.29, 1.82) is 0 Å². The topological polar surface area (TPSA) is 143 Å². The fourth-order valence-electron chi connectivity index (χ4n) is 2.54. The van der Waals surface area contributed by atoms with Gasteiger partial charge in [0.1, 0.15) is 23.9 Å². The monoisotopic (exact) mass is 462 g/mol. The molecule has 2 rings (SSSR count). The van der Waals surface area contributed by atoms with Gasteiger partial charge in [0.2, 0.25) is 5.91 Å². The maximum atomic E-state index is 12.1. The van der Waals surface area contributed by atoms with Crippen molar-refractivity contribution in [2.75, 3.05) is 32.2 Å². The Hall–Kier alpha value is -3.79. The van der Waals surface area contributed by atoms with E-state index >= 15 is 0 Å². The summed E-state index contributed by atoms with van der Waals surface area (Å²) >= 11 is 0. The molecule has 2 aromatic carbocycles. The highest BCUT2D eigenvalue weighted by Gasteiger charge is 2.09. The second-order valence-corrected chi connectivity index (χ2v) is 6.70. The molecule has 0 aliphatic rings. The standard InChI is InChI=1S/C21H28N2O4.C2H2O4/c1-4-26-18-8-10-19(11-9-18)27-13-12-22-16(2)14-21(24)23-17-6-5-7-20(15-17)25-3;3-1(4)2(5)6/h5-11,15-16,22H,4,12-14H2,1-3H3,(H,23,24);(H,3,4)(H,5,6). The lowest BCUT2D eigenvalue weighted by Crippen LogP contribution is -2.33. The van der Waals surface area contributed by atoms with E-state index in [0.29, 0.717) is 31.9 Å². The van der Waals surface area contributed by atoms with E-state index in [0.717, 1.165) is 17.2 Å². The van der Waals surface area contributed by atoms with Gasteiger partial charge in [0, 0.05) is 30.8 Å². The third-order valence-corrected chi connectivity index (χ3v) is 4.03. The van der Waals surface area contributed by atoms with Gasteiger partial charge in [-0.1, -0.05) is 6.07 Å². The van der Waals surface area contributed by atoms with Crippen LogP contribution in [-0.2, 0) is 14.4 Å². The lowest BCUT2D eigenvalue weighted by atomic mass is 10.2. The second kappa shape index (κ2) is 15.1. The molecule has 0 aliphatic carbocycles. The van der Waals surface area contributed by atoms with Crippen molar-refractivity contribution < 1.29 is 38.8 Å². The quantitative estimate of drug-likeness (QED) is 0.293. The zero-order valence-electron chi connectivity index (χ0n) is 18.9. The number of carboxylic acid groups (broad SMARTS) is 2. The fraction of sp³-hybridized carbons (Fsp3) is 0.348. The molecule has 10 nitrogen and oxygen atoms in total. The molecule has 1 atom stereocenters. The Morgan fingerprint density at radius 1 is 0.939 bits per heavy atom. The van der Waals surface area contributed by atoms with Crippen molar-refractivity contribution in [3.63, 3.8) is 0 Å². The summed E-state index contributed by atoms with van der Waals surface area (Å²) < 4.78 is 16.2. The first kappa shape index (κ1) is 27.2. The van der Waals surface area contributed by atoms with Crippen LogP contribution < -0.4 is 24.8 Å². The van der Waals surface area contributed by atoms with Crippen molar-refractivity contribution in [3.05, 3.63) is 48.5 Å². The summed E-state index contributed by atoms with van der Waals surface area (Å²) in [6.07, 6.45) is 0.375. The van der Waals surface area contributed by atoms with Gasteiger partial charge in [-0.05, 0) is 50.2 Å². The SMILES string of the molecule is CCOc1ccc(OCCNC(C)CC(=O)Nc2cccc(OC)c2)cc1.O=C(O)C(=O)O. The van der Waals surface area contributed by atoms with E-state index in [1.54, 1.807) is 13.2 Å². The van der Waals surface area contributed by atoms with Gasteiger partial charge < -0.3 is 35.1 Å². The van der Waals surface area contributed by atoms with Crippen molar-refractivity contribution in [3.8, 4) is 17.2 Å². The molecule has 0 saturated heterocycles. The van der Waals surface area contributed by atoms with Crippen LogP contribution in [0.1, 0.15) is 20.3 Å². The van der Waals surface area contributed by atoms with E-state index in [1.807, 2.05) is 56.3 Å².